The molecule has 0 saturated carbocycles. The molecule has 0 rings (SSSR count). The highest BCUT2D eigenvalue weighted by Gasteiger charge is 2.36. The van der Waals surface area contributed by atoms with Gasteiger partial charge in [0.1, 0.15) is 13.2 Å². The van der Waals surface area contributed by atoms with Crippen LogP contribution in [0.1, 0.15) is 19.8 Å². The number of rotatable bonds is 16. The Morgan fingerprint density at radius 2 is 1.22 bits per heavy atom. The summed E-state index contributed by atoms with van der Waals surface area (Å²) in [6, 6.07) is 3.63. The van der Waals surface area contributed by atoms with Gasteiger partial charge in [-0.2, -0.15) is 0 Å². The van der Waals surface area contributed by atoms with Crippen LogP contribution in [0.3, 0.4) is 0 Å². The Bertz CT molecular complexity index is 614. The van der Waals surface area contributed by atoms with E-state index in [9.17, 15) is 4.79 Å². The molecular weight excluding hydrogens is 467 g/mol. The normalized spacial score (nSPS) is 13.9. The molecule has 0 unspecified atom stereocenters. The van der Waals surface area contributed by atoms with Crippen molar-refractivity contribution >= 4 is 39.2 Å². The molecule has 0 aromatic heterocycles. The van der Waals surface area contributed by atoms with Crippen LogP contribution in [0.2, 0.25) is 77.1 Å². The molecule has 0 aromatic carbocycles. The monoisotopic (exact) mass is 520 g/mol. The summed E-state index contributed by atoms with van der Waals surface area (Å²) in [7, 11) is -2.03. The average Bonchev–Trinajstić information content (AvgIpc) is 2.54. The maximum Gasteiger partial charge on any atom is 0.333 e. The molecule has 0 bridgehead atoms. The Hall–Kier alpha value is -0.0425. The van der Waals surface area contributed by atoms with Gasteiger partial charge in [0.2, 0.25) is 0 Å². The number of quaternary nitrogens is 1. The minimum absolute atomic E-state index is 0.292. The van der Waals surface area contributed by atoms with E-state index in [2.05, 4.69) is 79.6 Å². The maximum absolute atomic E-state index is 11.5. The Labute approximate surface area is 204 Å². The number of esters is 1. The molecule has 0 aliphatic rings. The van der Waals surface area contributed by atoms with E-state index in [-0.39, 0.29) is 5.97 Å². The minimum Gasteiger partial charge on any atom is -0.456 e. The molecule has 9 heteroatoms. The van der Waals surface area contributed by atoms with Crippen molar-refractivity contribution in [3.05, 3.63) is 12.2 Å². The van der Waals surface area contributed by atoms with Crippen molar-refractivity contribution in [2.75, 3.05) is 33.8 Å². The second kappa shape index (κ2) is 12.6. The Balaban J connectivity index is 4.42. The highest BCUT2D eigenvalue weighted by Crippen LogP contribution is 2.28. The number of unbranched alkanes of at least 4 members (excludes halogenated alkanes) is 1. The molecule has 0 aliphatic heterocycles. The third-order valence-electron chi connectivity index (χ3n) is 5.53. The largest absolute Gasteiger partial charge is 0.456 e. The summed E-state index contributed by atoms with van der Waals surface area (Å²) in [5.74, 6) is -0.292. The average molecular weight is 521 g/mol. The predicted molar refractivity (Wildman–Crippen MR) is 149 cm³/mol. The molecule has 190 valence electrons. The van der Waals surface area contributed by atoms with Crippen LogP contribution in [-0.4, -0.2) is 77.5 Å². The van der Waals surface area contributed by atoms with Crippen LogP contribution in [-0.2, 0) is 17.8 Å². The molecule has 32 heavy (non-hydrogen) atoms. The van der Waals surface area contributed by atoms with E-state index >= 15 is 0 Å². The highest BCUT2D eigenvalue weighted by atomic mass is 28.4. The van der Waals surface area contributed by atoms with Crippen molar-refractivity contribution in [3.8, 4) is 0 Å². The molecule has 0 amide bonds. The third-order valence-corrected chi connectivity index (χ3v) is 19.6. The Kier molecular flexibility index (Phi) is 12.6. The Morgan fingerprint density at radius 1 is 0.750 bits per heavy atom. The van der Waals surface area contributed by atoms with E-state index in [0.717, 1.165) is 17.6 Å². The quantitative estimate of drug-likeness (QED) is 0.0771. The molecule has 0 spiro atoms. The summed E-state index contributed by atoms with van der Waals surface area (Å²) < 4.78 is 19.5. The molecule has 5 nitrogen and oxygen atoms in total. The molecule has 0 fully saturated rings. The van der Waals surface area contributed by atoms with Gasteiger partial charge in [-0.15, -0.1) is 0 Å². The van der Waals surface area contributed by atoms with Crippen LogP contribution in [0.4, 0.5) is 0 Å². The smallest absolute Gasteiger partial charge is 0.333 e. The molecular formula is C23H54NO4Si4+. The fourth-order valence-corrected chi connectivity index (χ4v) is 23.8. The van der Waals surface area contributed by atoms with Crippen LogP contribution in [0.5, 0.6) is 0 Å². The van der Waals surface area contributed by atoms with Gasteiger partial charge in [-0.25, -0.2) is 4.79 Å². The molecule has 0 radical (unpaired) electrons. The van der Waals surface area contributed by atoms with Gasteiger partial charge in [0, 0.05) is 5.57 Å². The summed E-state index contributed by atoms with van der Waals surface area (Å²) in [5.41, 5.74) is 0.462. The second-order valence-corrected chi connectivity index (χ2v) is 30.8. The van der Waals surface area contributed by atoms with Gasteiger partial charge >= 0.3 is 5.97 Å². The number of nitrogens with zero attached hydrogens (tertiary/aromatic N) is 1. The minimum atomic E-state index is -1.69. The van der Waals surface area contributed by atoms with Crippen molar-refractivity contribution in [1.82, 2.24) is 0 Å². The number of hydrogen-bond donors (Lipinski definition) is 0. The van der Waals surface area contributed by atoms with Crippen molar-refractivity contribution in [2.24, 2.45) is 0 Å². The zero-order valence-electron chi connectivity index (χ0n) is 23.4. The summed E-state index contributed by atoms with van der Waals surface area (Å²) in [6.45, 7) is 28.9. The summed E-state index contributed by atoms with van der Waals surface area (Å²) in [5, 5.41) is 0. The van der Waals surface area contributed by atoms with Crippen LogP contribution < -0.4 is 0 Å². The molecule has 0 aromatic rings. The van der Waals surface area contributed by atoms with Gasteiger partial charge < -0.3 is 17.5 Å². The van der Waals surface area contributed by atoms with Gasteiger partial charge in [0.25, 0.3) is 0 Å². The number of likely N-dealkylation sites (N-methyl/N-ethyl adjacent to an activating group) is 1. The zero-order chi connectivity index (χ0) is 25.4. The first-order valence-corrected chi connectivity index (χ1v) is 25.0. The van der Waals surface area contributed by atoms with Gasteiger partial charge in [-0.05, 0) is 96.8 Å². The van der Waals surface area contributed by atoms with Crippen LogP contribution in [0.25, 0.3) is 0 Å². The molecule has 0 heterocycles. The second-order valence-electron chi connectivity index (χ2n) is 12.9. The number of carbonyl (C=O) groups is 1. The Morgan fingerprint density at radius 3 is 1.69 bits per heavy atom. The van der Waals surface area contributed by atoms with Gasteiger partial charge in [-0.3, -0.25) is 0 Å². The van der Waals surface area contributed by atoms with Crippen molar-refractivity contribution in [1.29, 1.82) is 0 Å². The van der Waals surface area contributed by atoms with E-state index < -0.39 is 33.3 Å². The van der Waals surface area contributed by atoms with E-state index in [0.29, 0.717) is 12.2 Å². The standard InChI is InChI=1S/C23H54NO4Si4/c1-22(2)23(25)26-18-17-24(3,4)16-14-15-19-30(8,9)28-32(12,13)21-20-31(10,11)27-29(5,6)7/h1,14-21H2,2-13H3/q+1. The van der Waals surface area contributed by atoms with E-state index in [1.807, 2.05) is 0 Å². The number of hydrogen-bond acceptors (Lipinski definition) is 4. The lowest BCUT2D eigenvalue weighted by Crippen LogP contribution is -2.47. The summed E-state index contributed by atoms with van der Waals surface area (Å²) in [6.07, 6.45) is 2.38. The summed E-state index contributed by atoms with van der Waals surface area (Å²) in [4.78, 5) is 11.5. The van der Waals surface area contributed by atoms with Crippen LogP contribution in [0.15, 0.2) is 12.2 Å². The zero-order valence-corrected chi connectivity index (χ0v) is 27.4. The lowest BCUT2D eigenvalue weighted by molar-refractivity contribution is -0.890. The maximum atomic E-state index is 11.5. The van der Waals surface area contributed by atoms with E-state index in [1.54, 1.807) is 6.92 Å². The SMILES string of the molecule is C=C(C)C(=O)OCC[N+](C)(C)CCCC[Si](C)(C)O[Si](C)(C)CC[Si](C)(C)O[Si](C)(C)C. The lowest BCUT2D eigenvalue weighted by atomic mass is 10.3. The van der Waals surface area contributed by atoms with Gasteiger partial charge in [-0.1, -0.05) is 6.58 Å². The fraction of sp³-hybridized carbons (Fsp3) is 0.870. The number of ether oxygens (including phenoxy) is 1. The molecule has 0 N–H and O–H groups in total. The lowest BCUT2D eigenvalue weighted by Gasteiger charge is -2.37. The topological polar surface area (TPSA) is 44.8 Å². The van der Waals surface area contributed by atoms with Gasteiger partial charge in [0.15, 0.2) is 33.3 Å². The van der Waals surface area contributed by atoms with Crippen LogP contribution in [0, 0.1) is 0 Å². The molecule has 0 aliphatic carbocycles. The molecule has 0 saturated heterocycles. The van der Waals surface area contributed by atoms with Gasteiger partial charge in [0.05, 0.1) is 20.6 Å². The first kappa shape index (κ1) is 32.0. The van der Waals surface area contributed by atoms with Crippen molar-refractivity contribution < 1.29 is 22.2 Å². The highest BCUT2D eigenvalue weighted by molar-refractivity contribution is 6.87. The van der Waals surface area contributed by atoms with Crippen LogP contribution >= 0.6 is 0 Å². The third kappa shape index (κ3) is 16.6. The number of carbonyl (C=O) groups excluding carboxylic acids is 1. The first-order chi connectivity index (χ1) is 14.2. The fourth-order valence-electron chi connectivity index (χ4n) is 4.04. The van der Waals surface area contributed by atoms with Crippen molar-refractivity contribution in [2.45, 2.75) is 96.8 Å². The van der Waals surface area contributed by atoms with Crippen molar-refractivity contribution in [3.63, 3.8) is 0 Å². The first-order valence-electron chi connectivity index (χ1n) is 12.2. The van der Waals surface area contributed by atoms with E-state index in [4.69, 9.17) is 13.0 Å². The molecule has 0 atom stereocenters. The summed E-state index contributed by atoms with van der Waals surface area (Å²) >= 11 is 0. The van der Waals surface area contributed by atoms with E-state index in [1.165, 1.54) is 31.0 Å². The predicted octanol–water partition coefficient (Wildman–Crippen LogP) is 6.45.